The minimum atomic E-state index is 0.742. The smallest absolute Gasteiger partial charge is 0.0237 e. The van der Waals surface area contributed by atoms with Crippen LogP contribution >= 0.6 is 15.9 Å². The SMILES string of the molecule is NCC1CCC(CN(Cc2ccc(Br)cc2)Cc2ccc3ccccc3c2)CC1. The molecule has 152 valence electrons. The second kappa shape index (κ2) is 9.88. The molecule has 1 aliphatic carbocycles. The Morgan fingerprint density at radius 1 is 0.759 bits per heavy atom. The second-order valence-corrected chi connectivity index (χ2v) is 9.52. The van der Waals surface area contributed by atoms with E-state index >= 15 is 0 Å². The molecule has 0 saturated heterocycles. The average Bonchev–Trinajstić information content (AvgIpc) is 2.76. The fraction of sp³-hybridized carbons (Fsp3) is 0.385. The monoisotopic (exact) mass is 450 g/mol. The van der Waals surface area contributed by atoms with Crippen molar-refractivity contribution >= 4 is 26.7 Å². The summed E-state index contributed by atoms with van der Waals surface area (Å²) < 4.78 is 1.14. The highest BCUT2D eigenvalue weighted by Gasteiger charge is 2.22. The Morgan fingerprint density at radius 3 is 2.10 bits per heavy atom. The summed E-state index contributed by atoms with van der Waals surface area (Å²) in [6.45, 7) is 4.02. The molecular weight excluding hydrogens is 420 g/mol. The molecule has 3 aromatic carbocycles. The number of hydrogen-bond acceptors (Lipinski definition) is 2. The van der Waals surface area contributed by atoms with Crippen molar-refractivity contribution in [3.8, 4) is 0 Å². The number of fused-ring (bicyclic) bond motifs is 1. The fourth-order valence-corrected chi connectivity index (χ4v) is 4.91. The molecule has 1 saturated carbocycles. The lowest BCUT2D eigenvalue weighted by molar-refractivity contribution is 0.170. The van der Waals surface area contributed by atoms with Crippen LogP contribution in [-0.2, 0) is 13.1 Å². The van der Waals surface area contributed by atoms with E-state index in [1.54, 1.807) is 0 Å². The quantitative estimate of drug-likeness (QED) is 0.452. The first-order valence-corrected chi connectivity index (χ1v) is 11.6. The maximum Gasteiger partial charge on any atom is 0.0237 e. The van der Waals surface area contributed by atoms with Crippen LogP contribution in [0, 0.1) is 11.8 Å². The second-order valence-electron chi connectivity index (χ2n) is 8.60. The van der Waals surface area contributed by atoms with Gasteiger partial charge in [0.2, 0.25) is 0 Å². The molecule has 0 amide bonds. The third-order valence-electron chi connectivity index (χ3n) is 6.36. The van der Waals surface area contributed by atoms with E-state index in [0.29, 0.717) is 0 Å². The van der Waals surface area contributed by atoms with Gasteiger partial charge < -0.3 is 5.73 Å². The number of rotatable bonds is 7. The van der Waals surface area contributed by atoms with Crippen molar-refractivity contribution in [1.29, 1.82) is 0 Å². The van der Waals surface area contributed by atoms with E-state index in [2.05, 4.69) is 87.6 Å². The summed E-state index contributed by atoms with van der Waals surface area (Å²) in [6, 6.07) is 24.3. The van der Waals surface area contributed by atoms with Gasteiger partial charge in [-0.05, 0) is 84.2 Å². The van der Waals surface area contributed by atoms with Gasteiger partial charge >= 0.3 is 0 Å². The van der Waals surface area contributed by atoms with Crippen LogP contribution in [0.25, 0.3) is 10.8 Å². The number of benzene rings is 3. The third kappa shape index (κ3) is 5.69. The van der Waals surface area contributed by atoms with E-state index in [-0.39, 0.29) is 0 Å². The van der Waals surface area contributed by atoms with Crippen molar-refractivity contribution in [1.82, 2.24) is 4.90 Å². The van der Waals surface area contributed by atoms with Gasteiger partial charge in [-0.1, -0.05) is 64.5 Å². The molecule has 0 radical (unpaired) electrons. The first-order chi connectivity index (χ1) is 14.2. The maximum atomic E-state index is 5.90. The van der Waals surface area contributed by atoms with Crippen molar-refractivity contribution < 1.29 is 0 Å². The van der Waals surface area contributed by atoms with Gasteiger partial charge in [-0.3, -0.25) is 4.90 Å². The number of nitrogens with zero attached hydrogens (tertiary/aromatic N) is 1. The first kappa shape index (κ1) is 20.6. The van der Waals surface area contributed by atoms with Gasteiger partial charge in [0.1, 0.15) is 0 Å². The highest BCUT2D eigenvalue weighted by molar-refractivity contribution is 9.10. The Labute approximate surface area is 183 Å². The summed E-state index contributed by atoms with van der Waals surface area (Å²) in [5, 5.41) is 2.65. The van der Waals surface area contributed by atoms with Gasteiger partial charge in [0, 0.05) is 24.1 Å². The predicted octanol–water partition coefficient (Wildman–Crippen LogP) is 6.37. The summed E-state index contributed by atoms with van der Waals surface area (Å²) in [4.78, 5) is 2.64. The summed E-state index contributed by atoms with van der Waals surface area (Å²) in [5.74, 6) is 1.53. The van der Waals surface area contributed by atoms with Crippen LogP contribution in [0.5, 0.6) is 0 Å². The largest absolute Gasteiger partial charge is 0.330 e. The normalized spacial score (nSPS) is 19.7. The zero-order valence-electron chi connectivity index (χ0n) is 17.1. The van der Waals surface area contributed by atoms with Crippen LogP contribution < -0.4 is 5.73 Å². The summed E-state index contributed by atoms with van der Waals surface area (Å²) >= 11 is 3.56. The lowest BCUT2D eigenvalue weighted by Gasteiger charge is -2.32. The molecule has 29 heavy (non-hydrogen) atoms. The molecule has 1 aliphatic rings. The Morgan fingerprint density at radius 2 is 1.38 bits per heavy atom. The van der Waals surface area contributed by atoms with Crippen molar-refractivity contribution in [3.05, 3.63) is 82.3 Å². The van der Waals surface area contributed by atoms with Gasteiger partial charge in [0.05, 0.1) is 0 Å². The molecule has 4 rings (SSSR count). The van der Waals surface area contributed by atoms with Crippen LogP contribution in [-0.4, -0.2) is 18.0 Å². The number of nitrogens with two attached hydrogens (primary N) is 1. The molecule has 2 nitrogen and oxygen atoms in total. The van der Waals surface area contributed by atoms with E-state index in [9.17, 15) is 0 Å². The zero-order valence-corrected chi connectivity index (χ0v) is 18.7. The van der Waals surface area contributed by atoms with Crippen LogP contribution in [0.2, 0.25) is 0 Å². The molecule has 0 aromatic heterocycles. The molecule has 3 heteroatoms. The summed E-state index contributed by atoms with van der Waals surface area (Å²) in [7, 11) is 0. The molecule has 0 spiro atoms. The Kier molecular flexibility index (Phi) is 7.02. The van der Waals surface area contributed by atoms with Gasteiger partial charge in [-0.2, -0.15) is 0 Å². The first-order valence-electron chi connectivity index (χ1n) is 10.8. The van der Waals surface area contributed by atoms with Crippen LogP contribution in [0.1, 0.15) is 36.8 Å². The molecule has 2 N–H and O–H groups in total. The highest BCUT2D eigenvalue weighted by Crippen LogP contribution is 2.30. The molecular formula is C26H31BrN2. The minimum absolute atomic E-state index is 0.742. The van der Waals surface area contributed by atoms with E-state index in [1.807, 2.05) is 0 Å². The van der Waals surface area contributed by atoms with Crippen molar-refractivity contribution in [2.75, 3.05) is 13.1 Å². The molecule has 0 unspecified atom stereocenters. The van der Waals surface area contributed by atoms with Crippen molar-refractivity contribution in [2.45, 2.75) is 38.8 Å². The molecule has 3 aromatic rings. The van der Waals surface area contributed by atoms with Crippen molar-refractivity contribution in [3.63, 3.8) is 0 Å². The van der Waals surface area contributed by atoms with E-state index in [4.69, 9.17) is 5.73 Å². The number of halogens is 1. The topological polar surface area (TPSA) is 29.3 Å². The zero-order chi connectivity index (χ0) is 20.1. The van der Waals surface area contributed by atoms with E-state index in [0.717, 1.165) is 35.9 Å². The van der Waals surface area contributed by atoms with Crippen molar-refractivity contribution in [2.24, 2.45) is 17.6 Å². The molecule has 0 heterocycles. The predicted molar refractivity (Wildman–Crippen MR) is 127 cm³/mol. The summed E-state index contributed by atoms with van der Waals surface area (Å²) in [6.07, 6.45) is 5.22. The highest BCUT2D eigenvalue weighted by atomic mass is 79.9. The maximum absolute atomic E-state index is 5.90. The van der Waals surface area contributed by atoms with Crippen LogP contribution in [0.3, 0.4) is 0 Å². The standard InChI is InChI=1S/C26H31BrN2/c27-26-13-10-22(11-14-26)18-29(17-21-7-5-20(16-28)6-8-21)19-23-9-12-24-3-1-2-4-25(24)15-23/h1-4,9-15,20-21H,5-8,16-19,28H2. The lowest BCUT2D eigenvalue weighted by atomic mass is 9.82. The summed E-state index contributed by atoms with van der Waals surface area (Å²) in [5.41, 5.74) is 8.68. The third-order valence-corrected chi connectivity index (χ3v) is 6.88. The van der Waals surface area contributed by atoms with Crippen LogP contribution in [0.4, 0.5) is 0 Å². The Hall–Kier alpha value is -1.68. The molecule has 1 fully saturated rings. The number of hydrogen-bond donors (Lipinski definition) is 1. The van der Waals surface area contributed by atoms with Gasteiger partial charge in [-0.15, -0.1) is 0 Å². The minimum Gasteiger partial charge on any atom is -0.330 e. The Bertz CT molecular complexity index is 913. The van der Waals surface area contributed by atoms with Crippen LogP contribution in [0.15, 0.2) is 71.2 Å². The van der Waals surface area contributed by atoms with E-state index < -0.39 is 0 Å². The molecule has 0 aliphatic heterocycles. The van der Waals surface area contributed by atoms with Gasteiger partial charge in [-0.25, -0.2) is 0 Å². The van der Waals surface area contributed by atoms with E-state index in [1.165, 1.54) is 54.1 Å². The van der Waals surface area contributed by atoms with Gasteiger partial charge in [0.25, 0.3) is 0 Å². The Balaban J connectivity index is 1.49. The van der Waals surface area contributed by atoms with Gasteiger partial charge in [0.15, 0.2) is 0 Å². The lowest BCUT2D eigenvalue weighted by Crippen LogP contribution is -2.32. The molecule has 0 bridgehead atoms. The molecule has 0 atom stereocenters. The average molecular weight is 451 g/mol. The fourth-order valence-electron chi connectivity index (χ4n) is 4.64.